The molecule has 1 fully saturated rings. The molecule has 3 amide bonds. The molecule has 1 saturated heterocycles. The molecule has 1 atom stereocenters. The minimum absolute atomic E-state index is 0.0772. The van der Waals surface area contributed by atoms with Gasteiger partial charge < -0.3 is 20.0 Å². The molecule has 32 heavy (non-hydrogen) atoms. The van der Waals surface area contributed by atoms with Gasteiger partial charge in [0.25, 0.3) is 0 Å². The van der Waals surface area contributed by atoms with E-state index in [2.05, 4.69) is 16.3 Å². The third kappa shape index (κ3) is 6.56. The zero-order valence-electron chi connectivity index (χ0n) is 18.8. The molecule has 7 heteroatoms. The Morgan fingerprint density at radius 1 is 1.09 bits per heavy atom. The van der Waals surface area contributed by atoms with Crippen molar-refractivity contribution in [2.45, 2.75) is 19.4 Å². The summed E-state index contributed by atoms with van der Waals surface area (Å²) in [5.41, 5.74) is 2.34. The maximum absolute atomic E-state index is 13.5. The van der Waals surface area contributed by atoms with E-state index in [0.717, 1.165) is 30.6 Å². The summed E-state index contributed by atoms with van der Waals surface area (Å²) < 4.78 is 0. The van der Waals surface area contributed by atoms with Gasteiger partial charge in [-0.1, -0.05) is 30.3 Å². The number of carbonyl (C=O) groups excluding carboxylic acids is 2. The number of likely N-dealkylation sites (tertiary alicyclic amines) is 1. The molecular weight excluding hydrogens is 402 g/mol. The second kappa shape index (κ2) is 11.3. The fourth-order valence-electron chi connectivity index (χ4n) is 3.84. The van der Waals surface area contributed by atoms with Crippen LogP contribution in [0, 0.1) is 17.2 Å². The van der Waals surface area contributed by atoms with Crippen LogP contribution in [0.3, 0.4) is 0 Å². The average molecular weight is 434 g/mol. The lowest BCUT2D eigenvalue weighted by Crippen LogP contribution is -2.48. The van der Waals surface area contributed by atoms with Gasteiger partial charge in [-0.3, -0.25) is 4.79 Å². The van der Waals surface area contributed by atoms with Crippen LogP contribution in [0.5, 0.6) is 0 Å². The molecule has 0 spiro atoms. The van der Waals surface area contributed by atoms with E-state index in [4.69, 9.17) is 5.26 Å². The predicted octanol–water partition coefficient (Wildman–Crippen LogP) is 3.39. The number of benzene rings is 2. The van der Waals surface area contributed by atoms with Crippen LogP contribution < -0.4 is 5.32 Å². The van der Waals surface area contributed by atoms with Gasteiger partial charge in [0, 0.05) is 38.4 Å². The van der Waals surface area contributed by atoms with Gasteiger partial charge in [0.05, 0.1) is 17.6 Å². The first-order valence-corrected chi connectivity index (χ1v) is 11.0. The van der Waals surface area contributed by atoms with Crippen LogP contribution in [0.2, 0.25) is 0 Å². The molecule has 3 rings (SSSR count). The molecule has 1 aliphatic rings. The summed E-state index contributed by atoms with van der Waals surface area (Å²) >= 11 is 0. The summed E-state index contributed by atoms with van der Waals surface area (Å²) in [6, 6.07) is 18.7. The maximum atomic E-state index is 13.5. The Morgan fingerprint density at radius 2 is 1.81 bits per heavy atom. The van der Waals surface area contributed by atoms with Crippen molar-refractivity contribution in [2.75, 3.05) is 45.6 Å². The summed E-state index contributed by atoms with van der Waals surface area (Å²) in [5.74, 6) is -0.140. The van der Waals surface area contributed by atoms with Gasteiger partial charge in [-0.2, -0.15) is 5.26 Å². The smallest absolute Gasteiger partial charge is 0.321 e. The second-order valence-electron chi connectivity index (χ2n) is 8.45. The summed E-state index contributed by atoms with van der Waals surface area (Å²) in [6.45, 7) is 2.93. The van der Waals surface area contributed by atoms with E-state index >= 15 is 0 Å². The van der Waals surface area contributed by atoms with Gasteiger partial charge in [-0.25, -0.2) is 4.79 Å². The minimum Gasteiger partial charge on any atom is -0.337 e. The van der Waals surface area contributed by atoms with E-state index in [9.17, 15) is 9.59 Å². The van der Waals surface area contributed by atoms with Crippen molar-refractivity contribution in [2.24, 2.45) is 5.92 Å². The lowest BCUT2D eigenvalue weighted by atomic mass is 9.96. The number of carbonyl (C=O) groups is 2. The summed E-state index contributed by atoms with van der Waals surface area (Å²) in [6.07, 6.45) is 1.58. The molecule has 168 valence electrons. The molecule has 1 unspecified atom stereocenters. The van der Waals surface area contributed by atoms with Gasteiger partial charge >= 0.3 is 6.03 Å². The molecular formula is C25H31N5O2. The zero-order chi connectivity index (χ0) is 22.9. The predicted molar refractivity (Wildman–Crippen MR) is 125 cm³/mol. The first kappa shape index (κ1) is 23.3. The number of piperidine rings is 1. The number of rotatable bonds is 7. The highest BCUT2D eigenvalue weighted by Crippen LogP contribution is 2.21. The minimum atomic E-state index is -0.217. The number of nitrogens with zero attached hydrogens (tertiary/aromatic N) is 4. The second-order valence-corrected chi connectivity index (χ2v) is 8.45. The topological polar surface area (TPSA) is 79.7 Å². The molecule has 0 bridgehead atoms. The van der Waals surface area contributed by atoms with Crippen molar-refractivity contribution >= 4 is 17.6 Å². The third-order valence-electron chi connectivity index (χ3n) is 5.67. The lowest BCUT2D eigenvalue weighted by Gasteiger charge is -2.35. The van der Waals surface area contributed by atoms with Crippen LogP contribution >= 0.6 is 0 Å². The quantitative estimate of drug-likeness (QED) is 0.726. The van der Waals surface area contributed by atoms with Crippen molar-refractivity contribution in [3.63, 3.8) is 0 Å². The number of anilines is 1. The summed E-state index contributed by atoms with van der Waals surface area (Å²) in [4.78, 5) is 31.9. The summed E-state index contributed by atoms with van der Waals surface area (Å²) in [5, 5.41) is 11.9. The molecule has 1 heterocycles. The van der Waals surface area contributed by atoms with E-state index in [0.29, 0.717) is 31.7 Å². The van der Waals surface area contributed by atoms with E-state index in [-0.39, 0.29) is 17.9 Å². The van der Waals surface area contributed by atoms with Crippen LogP contribution in [-0.4, -0.2) is 66.9 Å². The van der Waals surface area contributed by atoms with Gasteiger partial charge in [-0.15, -0.1) is 0 Å². The van der Waals surface area contributed by atoms with Crippen molar-refractivity contribution < 1.29 is 9.59 Å². The average Bonchev–Trinajstić information content (AvgIpc) is 2.82. The molecule has 1 aliphatic heterocycles. The Kier molecular flexibility index (Phi) is 8.23. The first-order chi connectivity index (χ1) is 15.5. The SMILES string of the molecule is CN(C)CCN(Cc1ccc(C#N)cc1)C(=O)C1CCCN(C(=O)Nc2ccccc2)C1. The summed E-state index contributed by atoms with van der Waals surface area (Å²) in [7, 11) is 3.97. The molecule has 2 aromatic carbocycles. The van der Waals surface area contributed by atoms with Crippen LogP contribution in [0.15, 0.2) is 54.6 Å². The van der Waals surface area contributed by atoms with Crippen LogP contribution in [0.1, 0.15) is 24.0 Å². The highest BCUT2D eigenvalue weighted by molar-refractivity contribution is 5.90. The molecule has 7 nitrogen and oxygen atoms in total. The normalized spacial score (nSPS) is 15.8. The molecule has 0 radical (unpaired) electrons. The standard InChI is InChI=1S/C25H31N5O2/c1-28(2)15-16-29(18-21-12-10-20(17-26)11-13-21)24(31)22-7-6-14-30(19-22)25(32)27-23-8-4-3-5-9-23/h3-5,8-13,22H,6-7,14-16,18-19H2,1-2H3,(H,27,32). The van der Waals surface area contributed by atoms with Crippen molar-refractivity contribution in [3.05, 3.63) is 65.7 Å². The van der Waals surface area contributed by atoms with Gasteiger partial charge in [0.2, 0.25) is 5.91 Å². The number of amides is 3. The van der Waals surface area contributed by atoms with Gasteiger partial charge in [0.1, 0.15) is 0 Å². The fourth-order valence-corrected chi connectivity index (χ4v) is 3.84. The number of hydrogen-bond acceptors (Lipinski definition) is 4. The molecule has 0 aliphatic carbocycles. The maximum Gasteiger partial charge on any atom is 0.321 e. The number of urea groups is 1. The molecule has 0 aromatic heterocycles. The number of para-hydroxylation sites is 1. The Bertz CT molecular complexity index is 937. The fraction of sp³-hybridized carbons (Fsp3) is 0.400. The Morgan fingerprint density at radius 3 is 2.47 bits per heavy atom. The number of likely N-dealkylation sites (N-methyl/N-ethyl adjacent to an activating group) is 1. The number of hydrogen-bond donors (Lipinski definition) is 1. The van der Waals surface area contributed by atoms with Crippen LogP contribution in [0.4, 0.5) is 10.5 Å². The number of nitriles is 1. The van der Waals surface area contributed by atoms with Crippen LogP contribution in [-0.2, 0) is 11.3 Å². The van der Waals surface area contributed by atoms with E-state index in [1.807, 2.05) is 61.5 Å². The monoisotopic (exact) mass is 433 g/mol. The largest absolute Gasteiger partial charge is 0.337 e. The Labute approximate surface area is 190 Å². The number of nitrogens with one attached hydrogen (secondary N) is 1. The Balaban J connectivity index is 1.66. The highest BCUT2D eigenvalue weighted by atomic mass is 16.2. The third-order valence-corrected chi connectivity index (χ3v) is 5.67. The molecule has 2 aromatic rings. The van der Waals surface area contributed by atoms with Crippen molar-refractivity contribution in [1.29, 1.82) is 5.26 Å². The van der Waals surface area contributed by atoms with Crippen molar-refractivity contribution in [1.82, 2.24) is 14.7 Å². The molecule has 1 N–H and O–H groups in total. The Hall–Kier alpha value is -3.37. The lowest BCUT2D eigenvalue weighted by molar-refractivity contribution is -0.137. The molecule has 0 saturated carbocycles. The van der Waals surface area contributed by atoms with E-state index in [1.54, 1.807) is 17.0 Å². The van der Waals surface area contributed by atoms with Crippen molar-refractivity contribution in [3.8, 4) is 6.07 Å². The first-order valence-electron chi connectivity index (χ1n) is 11.0. The zero-order valence-corrected chi connectivity index (χ0v) is 18.8. The van der Waals surface area contributed by atoms with E-state index in [1.165, 1.54) is 0 Å². The van der Waals surface area contributed by atoms with E-state index < -0.39 is 0 Å². The highest BCUT2D eigenvalue weighted by Gasteiger charge is 2.31. The van der Waals surface area contributed by atoms with Gasteiger partial charge in [-0.05, 0) is 56.8 Å². The van der Waals surface area contributed by atoms with Gasteiger partial charge in [0.15, 0.2) is 0 Å². The van der Waals surface area contributed by atoms with Crippen LogP contribution in [0.25, 0.3) is 0 Å².